The molecule has 0 spiro atoms. The highest BCUT2D eigenvalue weighted by molar-refractivity contribution is 7.89. The number of ether oxygens (including phenoxy) is 3. The minimum Gasteiger partial charge on any atom is -0.495 e. The molecule has 2 aromatic carbocycles. The highest BCUT2D eigenvalue weighted by atomic mass is 32.2. The zero-order valence-corrected chi connectivity index (χ0v) is 28.4. The standard InChI is InChI=1S/C34H41F3N4O7S/c1-22(42)47-21-28(48-23(2)43)20-41-14-11-27(12-15-41)40-31-8-4-6-25-16-26(19-34(35,36)37)24(17-30(25)31)7-5-13-39-32-10-9-29(49(38,44)45)18-33(32)46-3/h4,6,8-10,17-18,26-28,39-40H,11-16,19-21H2,1-3H3,(H2,38,44,45). The Hall–Kier alpha value is -4.26. The third kappa shape index (κ3) is 11.4. The Morgan fingerprint density at radius 1 is 1.10 bits per heavy atom. The number of primary sulfonamides is 1. The van der Waals surface area contributed by atoms with Gasteiger partial charge < -0.3 is 24.8 Å². The number of nitrogens with two attached hydrogens (primary N) is 1. The highest BCUT2D eigenvalue weighted by Gasteiger charge is 2.35. The second kappa shape index (κ2) is 16.4. The lowest BCUT2D eigenvalue weighted by Gasteiger charge is -2.35. The first kappa shape index (κ1) is 37.6. The largest absolute Gasteiger partial charge is 0.495 e. The third-order valence-electron chi connectivity index (χ3n) is 8.20. The number of benzene rings is 2. The topological polar surface area (TPSA) is 149 Å². The Morgan fingerprint density at radius 3 is 2.47 bits per heavy atom. The van der Waals surface area contributed by atoms with Crippen molar-refractivity contribution < 1.29 is 45.4 Å². The van der Waals surface area contributed by atoms with Gasteiger partial charge in [-0.2, -0.15) is 13.2 Å². The molecule has 1 heterocycles. The van der Waals surface area contributed by atoms with Crippen LogP contribution in [0, 0.1) is 17.8 Å². The maximum Gasteiger partial charge on any atom is 0.389 e. The van der Waals surface area contributed by atoms with E-state index in [1.165, 1.54) is 39.2 Å². The molecule has 2 aromatic rings. The number of halogens is 3. The first-order valence-corrected chi connectivity index (χ1v) is 17.3. The summed E-state index contributed by atoms with van der Waals surface area (Å²) in [7, 11) is -2.57. The first-order valence-electron chi connectivity index (χ1n) is 15.7. The van der Waals surface area contributed by atoms with Crippen molar-refractivity contribution in [2.24, 2.45) is 11.1 Å². The van der Waals surface area contributed by atoms with E-state index in [1.807, 2.05) is 18.2 Å². The van der Waals surface area contributed by atoms with E-state index in [2.05, 4.69) is 27.4 Å². The fourth-order valence-corrected chi connectivity index (χ4v) is 6.48. The Kier molecular flexibility index (Phi) is 12.6. The molecule has 1 aliphatic heterocycles. The minimum absolute atomic E-state index is 0.0191. The molecule has 2 aliphatic rings. The molecular formula is C34H41F3N4O7S. The molecule has 49 heavy (non-hydrogen) atoms. The number of hydrogen-bond donors (Lipinski definition) is 3. The number of piperidine rings is 1. The number of carbonyl (C=O) groups is 2. The lowest BCUT2D eigenvalue weighted by Crippen LogP contribution is -2.44. The summed E-state index contributed by atoms with van der Waals surface area (Å²) in [5.41, 5.74) is 3.23. The number of carbonyl (C=O) groups excluding carboxylic acids is 2. The molecule has 1 fully saturated rings. The van der Waals surface area contributed by atoms with Crippen LogP contribution in [0.2, 0.25) is 0 Å². The van der Waals surface area contributed by atoms with Gasteiger partial charge in [-0.25, -0.2) is 13.6 Å². The van der Waals surface area contributed by atoms with E-state index >= 15 is 0 Å². The van der Waals surface area contributed by atoms with Crippen LogP contribution in [0.5, 0.6) is 5.75 Å². The number of alkyl halides is 3. The van der Waals surface area contributed by atoms with Crippen molar-refractivity contribution in [3.8, 4) is 17.6 Å². The summed E-state index contributed by atoms with van der Waals surface area (Å²) in [5.74, 6) is 4.34. The van der Waals surface area contributed by atoms with Crippen LogP contribution in [-0.4, -0.2) is 83.5 Å². The van der Waals surface area contributed by atoms with E-state index in [0.717, 1.165) is 29.7 Å². The van der Waals surface area contributed by atoms with Gasteiger partial charge in [-0.1, -0.05) is 24.0 Å². The third-order valence-corrected chi connectivity index (χ3v) is 9.11. The second-order valence-corrected chi connectivity index (χ2v) is 13.6. The predicted molar refractivity (Wildman–Crippen MR) is 178 cm³/mol. The summed E-state index contributed by atoms with van der Waals surface area (Å²) < 4.78 is 79.9. The van der Waals surface area contributed by atoms with Crippen LogP contribution >= 0.6 is 0 Å². The molecule has 4 N–H and O–H groups in total. The lowest BCUT2D eigenvalue weighted by atomic mass is 9.81. The van der Waals surface area contributed by atoms with Gasteiger partial charge in [0.05, 0.1) is 30.7 Å². The van der Waals surface area contributed by atoms with Gasteiger partial charge in [-0.3, -0.25) is 14.5 Å². The van der Waals surface area contributed by atoms with Gasteiger partial charge in [-0.05, 0) is 49.1 Å². The van der Waals surface area contributed by atoms with Crippen LogP contribution in [0.4, 0.5) is 24.5 Å². The zero-order chi connectivity index (χ0) is 35.8. The van der Waals surface area contributed by atoms with Gasteiger partial charge in [-0.15, -0.1) is 0 Å². The average Bonchev–Trinajstić information content (AvgIpc) is 3.01. The number of rotatable bonds is 12. The van der Waals surface area contributed by atoms with Crippen LogP contribution in [-0.2, 0) is 35.5 Å². The van der Waals surface area contributed by atoms with Gasteiger partial charge >= 0.3 is 18.1 Å². The van der Waals surface area contributed by atoms with Crippen LogP contribution in [0.15, 0.2) is 46.9 Å². The van der Waals surface area contributed by atoms with Gasteiger partial charge in [0.2, 0.25) is 10.0 Å². The molecule has 15 heteroatoms. The number of nitrogens with zero attached hydrogens (tertiary/aromatic N) is 1. The fraction of sp³-hybridized carbons (Fsp3) is 0.471. The summed E-state index contributed by atoms with van der Waals surface area (Å²) in [6.07, 6.45) is -2.51. The maximum absolute atomic E-state index is 13.6. The molecule has 0 amide bonds. The van der Waals surface area contributed by atoms with Crippen LogP contribution < -0.4 is 20.5 Å². The quantitative estimate of drug-likeness (QED) is 0.215. The van der Waals surface area contributed by atoms with E-state index in [1.54, 1.807) is 6.08 Å². The van der Waals surface area contributed by atoms with Crippen molar-refractivity contribution in [3.63, 3.8) is 0 Å². The second-order valence-electron chi connectivity index (χ2n) is 12.0. The Balaban J connectivity index is 1.46. The number of anilines is 2. The molecule has 1 aliphatic carbocycles. The van der Waals surface area contributed by atoms with Crippen molar-refractivity contribution >= 4 is 39.4 Å². The summed E-state index contributed by atoms with van der Waals surface area (Å²) in [5, 5.41) is 11.8. The van der Waals surface area contributed by atoms with Crippen molar-refractivity contribution in [1.82, 2.24) is 4.90 Å². The fourth-order valence-electron chi connectivity index (χ4n) is 5.95. The number of fused-ring (bicyclic) bond motifs is 1. The molecular weight excluding hydrogens is 665 g/mol. The van der Waals surface area contributed by atoms with Crippen molar-refractivity contribution in [2.45, 2.75) is 62.7 Å². The monoisotopic (exact) mass is 706 g/mol. The molecule has 2 atom stereocenters. The molecule has 0 bridgehead atoms. The smallest absolute Gasteiger partial charge is 0.389 e. The Bertz CT molecular complexity index is 1710. The van der Waals surface area contributed by atoms with Crippen molar-refractivity contribution in [3.05, 3.63) is 53.1 Å². The predicted octanol–water partition coefficient (Wildman–Crippen LogP) is 4.34. The first-order chi connectivity index (χ1) is 23.1. The van der Waals surface area contributed by atoms with Crippen LogP contribution in [0.1, 0.15) is 44.2 Å². The van der Waals surface area contributed by atoms with E-state index in [0.29, 0.717) is 30.9 Å². The molecule has 0 aromatic heterocycles. The van der Waals surface area contributed by atoms with E-state index in [-0.39, 0.29) is 36.3 Å². The number of sulfonamides is 1. The van der Waals surface area contributed by atoms with Crippen LogP contribution in [0.25, 0.3) is 6.08 Å². The summed E-state index contributed by atoms with van der Waals surface area (Å²) in [6.45, 7) is 4.47. The molecule has 0 saturated carbocycles. The number of likely N-dealkylation sites (tertiary alicyclic amines) is 1. The van der Waals surface area contributed by atoms with E-state index < -0.39 is 46.6 Å². The zero-order valence-electron chi connectivity index (χ0n) is 27.6. The number of hydrogen-bond acceptors (Lipinski definition) is 10. The molecule has 2 unspecified atom stereocenters. The summed E-state index contributed by atoms with van der Waals surface area (Å²) in [6, 6.07) is 9.75. The molecule has 266 valence electrons. The normalized spacial score (nSPS) is 17.4. The van der Waals surface area contributed by atoms with Crippen molar-refractivity contribution in [1.29, 1.82) is 0 Å². The van der Waals surface area contributed by atoms with Crippen molar-refractivity contribution in [2.75, 3.05) is 50.5 Å². The average molecular weight is 707 g/mol. The molecule has 4 rings (SSSR count). The van der Waals surface area contributed by atoms with E-state index in [4.69, 9.17) is 19.3 Å². The van der Waals surface area contributed by atoms with Gasteiger partial charge in [0, 0.05) is 68.3 Å². The van der Waals surface area contributed by atoms with Crippen LogP contribution in [0.3, 0.4) is 0 Å². The summed E-state index contributed by atoms with van der Waals surface area (Å²) in [4.78, 5) is 24.8. The SMILES string of the molecule is COc1cc(S(N)(=O)=O)ccc1NCC#CC1=Cc2c(cccc2NC2CCN(CC(COC(C)=O)OC(C)=O)CC2)CC1CC(F)(F)F. The van der Waals surface area contributed by atoms with Gasteiger partial charge in [0.1, 0.15) is 18.5 Å². The van der Waals surface area contributed by atoms with Gasteiger partial charge in [0.15, 0.2) is 0 Å². The highest BCUT2D eigenvalue weighted by Crippen LogP contribution is 2.39. The Morgan fingerprint density at radius 2 is 1.84 bits per heavy atom. The van der Waals surface area contributed by atoms with Gasteiger partial charge in [0.25, 0.3) is 0 Å². The number of methoxy groups -OCH3 is 1. The maximum atomic E-state index is 13.6. The molecule has 0 radical (unpaired) electrons. The van der Waals surface area contributed by atoms with E-state index in [9.17, 15) is 31.2 Å². The number of nitrogens with one attached hydrogen (secondary N) is 2. The minimum atomic E-state index is -4.38. The lowest BCUT2D eigenvalue weighted by molar-refractivity contribution is -0.157. The molecule has 11 nitrogen and oxygen atoms in total. The number of esters is 2. The Labute approximate surface area is 284 Å². The molecule has 1 saturated heterocycles. The summed E-state index contributed by atoms with van der Waals surface area (Å²) >= 11 is 0. The number of allylic oxidation sites excluding steroid dienone is 1.